The standard InChI is InChI=1S/C13H20N2O3/c1-2-14-12-6-4-3-5-11(12)13(18)15(7-9-16)8-10-17/h3-6,14,16-17H,2,7-10H2,1H3. The summed E-state index contributed by atoms with van der Waals surface area (Å²) in [6.45, 7) is 2.90. The van der Waals surface area contributed by atoms with Crippen molar-refractivity contribution in [2.45, 2.75) is 6.92 Å². The molecule has 0 saturated heterocycles. The molecule has 0 heterocycles. The first-order valence-corrected chi connectivity index (χ1v) is 6.08. The van der Waals surface area contributed by atoms with Gasteiger partial charge >= 0.3 is 0 Å². The van der Waals surface area contributed by atoms with E-state index in [1.54, 1.807) is 12.1 Å². The Kier molecular flexibility index (Phi) is 6.18. The van der Waals surface area contributed by atoms with Crippen LogP contribution in [-0.2, 0) is 0 Å². The van der Waals surface area contributed by atoms with Crippen molar-refractivity contribution in [1.29, 1.82) is 0 Å². The molecule has 100 valence electrons. The third-order valence-electron chi connectivity index (χ3n) is 2.55. The van der Waals surface area contributed by atoms with Crippen molar-refractivity contribution >= 4 is 11.6 Å². The molecule has 3 N–H and O–H groups in total. The maximum Gasteiger partial charge on any atom is 0.256 e. The van der Waals surface area contributed by atoms with E-state index in [9.17, 15) is 4.79 Å². The molecule has 18 heavy (non-hydrogen) atoms. The fraction of sp³-hybridized carbons (Fsp3) is 0.462. The minimum absolute atomic E-state index is 0.116. The van der Waals surface area contributed by atoms with Gasteiger partial charge in [-0.1, -0.05) is 12.1 Å². The molecule has 0 unspecified atom stereocenters. The number of aliphatic hydroxyl groups is 2. The Hall–Kier alpha value is -1.59. The van der Waals surface area contributed by atoms with Crippen molar-refractivity contribution in [3.8, 4) is 0 Å². The summed E-state index contributed by atoms with van der Waals surface area (Å²) in [5, 5.41) is 21.0. The lowest BCUT2D eigenvalue weighted by atomic mass is 10.1. The van der Waals surface area contributed by atoms with Gasteiger partial charge in [0.15, 0.2) is 0 Å². The van der Waals surface area contributed by atoms with Crippen molar-refractivity contribution in [2.24, 2.45) is 0 Å². The Bertz CT molecular complexity index is 376. The maximum atomic E-state index is 12.3. The molecular formula is C13H20N2O3. The van der Waals surface area contributed by atoms with Gasteiger partial charge in [-0.3, -0.25) is 4.79 Å². The third kappa shape index (κ3) is 3.72. The normalized spacial score (nSPS) is 10.2. The molecule has 1 aromatic rings. The summed E-state index contributed by atoms with van der Waals surface area (Å²) in [6, 6.07) is 7.23. The molecule has 1 amide bonds. The molecule has 0 fully saturated rings. The number of amides is 1. The van der Waals surface area contributed by atoms with E-state index >= 15 is 0 Å². The van der Waals surface area contributed by atoms with Crippen molar-refractivity contribution in [2.75, 3.05) is 38.2 Å². The lowest BCUT2D eigenvalue weighted by Gasteiger charge is -2.22. The molecule has 1 rings (SSSR count). The van der Waals surface area contributed by atoms with E-state index in [-0.39, 0.29) is 32.2 Å². The highest BCUT2D eigenvalue weighted by Crippen LogP contribution is 2.16. The molecular weight excluding hydrogens is 232 g/mol. The fourth-order valence-electron chi connectivity index (χ4n) is 1.74. The van der Waals surface area contributed by atoms with Crippen molar-refractivity contribution in [1.82, 2.24) is 4.90 Å². The number of aliphatic hydroxyl groups excluding tert-OH is 2. The maximum absolute atomic E-state index is 12.3. The molecule has 0 aliphatic carbocycles. The summed E-state index contributed by atoms with van der Waals surface area (Å²) < 4.78 is 0. The first-order chi connectivity index (χ1) is 8.74. The highest BCUT2D eigenvalue weighted by atomic mass is 16.3. The van der Waals surface area contributed by atoms with Crippen LogP contribution in [0.4, 0.5) is 5.69 Å². The number of anilines is 1. The second-order valence-corrected chi connectivity index (χ2v) is 3.82. The van der Waals surface area contributed by atoms with Crippen LogP contribution in [0.5, 0.6) is 0 Å². The molecule has 0 aliphatic heterocycles. The van der Waals surface area contributed by atoms with Gasteiger partial charge in [0.1, 0.15) is 0 Å². The van der Waals surface area contributed by atoms with E-state index in [1.807, 2.05) is 19.1 Å². The van der Waals surface area contributed by atoms with Gasteiger partial charge in [-0.2, -0.15) is 0 Å². The molecule has 1 aromatic carbocycles. The summed E-state index contributed by atoms with van der Waals surface area (Å²) in [5.74, 6) is -0.186. The smallest absolute Gasteiger partial charge is 0.256 e. The van der Waals surface area contributed by atoms with Crippen LogP contribution in [-0.4, -0.2) is 53.9 Å². The number of carbonyl (C=O) groups excluding carboxylic acids is 1. The van der Waals surface area contributed by atoms with Crippen LogP contribution in [0.2, 0.25) is 0 Å². The third-order valence-corrected chi connectivity index (χ3v) is 2.55. The van der Waals surface area contributed by atoms with E-state index in [1.165, 1.54) is 4.90 Å². The van der Waals surface area contributed by atoms with Crippen molar-refractivity contribution in [3.05, 3.63) is 29.8 Å². The van der Waals surface area contributed by atoms with Gasteiger partial charge in [-0.15, -0.1) is 0 Å². The van der Waals surface area contributed by atoms with Crippen molar-refractivity contribution < 1.29 is 15.0 Å². The van der Waals surface area contributed by atoms with E-state index in [0.29, 0.717) is 5.56 Å². The molecule has 0 saturated carbocycles. The largest absolute Gasteiger partial charge is 0.395 e. The first kappa shape index (κ1) is 14.5. The lowest BCUT2D eigenvalue weighted by Crippen LogP contribution is -2.36. The number of rotatable bonds is 7. The number of nitrogens with zero attached hydrogens (tertiary/aromatic N) is 1. The Labute approximate surface area is 107 Å². The molecule has 0 bridgehead atoms. The SMILES string of the molecule is CCNc1ccccc1C(=O)N(CCO)CCO. The van der Waals surface area contributed by atoms with Gasteiger partial charge in [-0.05, 0) is 19.1 Å². The van der Waals surface area contributed by atoms with Crippen LogP contribution in [0.3, 0.4) is 0 Å². The van der Waals surface area contributed by atoms with Crippen LogP contribution < -0.4 is 5.32 Å². The molecule has 0 atom stereocenters. The van der Waals surface area contributed by atoms with E-state index in [0.717, 1.165) is 12.2 Å². The Balaban J connectivity index is 2.92. The summed E-state index contributed by atoms with van der Waals surface area (Å²) in [5.41, 5.74) is 1.33. The number of carbonyl (C=O) groups is 1. The fourth-order valence-corrected chi connectivity index (χ4v) is 1.74. The van der Waals surface area contributed by atoms with Gasteiger partial charge in [-0.25, -0.2) is 0 Å². The number of para-hydroxylation sites is 1. The summed E-state index contributed by atoms with van der Waals surface area (Å²) >= 11 is 0. The van der Waals surface area contributed by atoms with Crippen LogP contribution in [0, 0.1) is 0 Å². The molecule has 5 nitrogen and oxygen atoms in total. The highest BCUT2D eigenvalue weighted by molar-refractivity contribution is 5.99. The molecule has 0 radical (unpaired) electrons. The Morgan fingerprint density at radius 1 is 1.22 bits per heavy atom. The van der Waals surface area contributed by atoms with E-state index in [2.05, 4.69) is 5.32 Å². The summed E-state index contributed by atoms with van der Waals surface area (Å²) in [4.78, 5) is 13.7. The van der Waals surface area contributed by atoms with Crippen LogP contribution in [0.15, 0.2) is 24.3 Å². The van der Waals surface area contributed by atoms with E-state index in [4.69, 9.17) is 10.2 Å². The zero-order valence-corrected chi connectivity index (χ0v) is 10.6. The summed E-state index contributed by atoms with van der Waals surface area (Å²) in [6.07, 6.45) is 0. The van der Waals surface area contributed by atoms with Crippen LogP contribution in [0.25, 0.3) is 0 Å². The van der Waals surface area contributed by atoms with Crippen LogP contribution >= 0.6 is 0 Å². The number of nitrogens with one attached hydrogen (secondary N) is 1. The van der Waals surface area contributed by atoms with Crippen molar-refractivity contribution in [3.63, 3.8) is 0 Å². The van der Waals surface area contributed by atoms with E-state index < -0.39 is 0 Å². The highest BCUT2D eigenvalue weighted by Gasteiger charge is 2.17. The van der Waals surface area contributed by atoms with Crippen LogP contribution in [0.1, 0.15) is 17.3 Å². The predicted octanol–water partition coefficient (Wildman–Crippen LogP) is 0.545. The summed E-state index contributed by atoms with van der Waals surface area (Å²) in [7, 11) is 0. The number of benzene rings is 1. The monoisotopic (exact) mass is 252 g/mol. The van der Waals surface area contributed by atoms with Gasteiger partial charge < -0.3 is 20.4 Å². The van der Waals surface area contributed by atoms with Gasteiger partial charge in [0, 0.05) is 25.3 Å². The number of hydrogen-bond donors (Lipinski definition) is 3. The molecule has 5 heteroatoms. The minimum Gasteiger partial charge on any atom is -0.395 e. The second kappa shape index (κ2) is 7.68. The average molecular weight is 252 g/mol. The lowest BCUT2D eigenvalue weighted by molar-refractivity contribution is 0.0686. The zero-order valence-electron chi connectivity index (χ0n) is 10.6. The first-order valence-electron chi connectivity index (χ1n) is 6.08. The zero-order chi connectivity index (χ0) is 13.4. The van der Waals surface area contributed by atoms with Gasteiger partial charge in [0.2, 0.25) is 0 Å². The number of hydrogen-bond acceptors (Lipinski definition) is 4. The van der Waals surface area contributed by atoms with Gasteiger partial charge in [0.25, 0.3) is 5.91 Å². The quantitative estimate of drug-likeness (QED) is 0.662. The molecule has 0 spiro atoms. The molecule has 0 aromatic heterocycles. The average Bonchev–Trinajstić information content (AvgIpc) is 2.39. The predicted molar refractivity (Wildman–Crippen MR) is 70.7 cm³/mol. The minimum atomic E-state index is -0.186. The Morgan fingerprint density at radius 3 is 2.39 bits per heavy atom. The second-order valence-electron chi connectivity index (χ2n) is 3.82. The Morgan fingerprint density at radius 2 is 1.83 bits per heavy atom. The topological polar surface area (TPSA) is 72.8 Å². The van der Waals surface area contributed by atoms with Gasteiger partial charge in [0.05, 0.1) is 18.8 Å². The molecule has 0 aliphatic rings.